The Balaban J connectivity index is 3.21. The van der Waals surface area contributed by atoms with Crippen LogP contribution in [0.4, 0.5) is 0 Å². The molecule has 13 heavy (non-hydrogen) atoms. The van der Waals surface area contributed by atoms with Crippen molar-refractivity contribution in [2.24, 2.45) is 0 Å². The minimum atomic E-state index is 0.149. The van der Waals surface area contributed by atoms with Crippen molar-refractivity contribution in [2.45, 2.75) is 0 Å². The molecule has 4 heteroatoms. The lowest BCUT2D eigenvalue weighted by Gasteiger charge is -1.98. The van der Waals surface area contributed by atoms with Crippen molar-refractivity contribution in [1.29, 1.82) is 5.26 Å². The Morgan fingerprint density at radius 3 is 2.69 bits per heavy atom. The SMILES string of the molecule is N#Cc1ccc(O)c(C=C(Br)Br)c1. The Morgan fingerprint density at radius 2 is 2.15 bits per heavy atom. The maximum absolute atomic E-state index is 9.38. The molecule has 2 nitrogen and oxygen atoms in total. The molecule has 0 fully saturated rings. The summed E-state index contributed by atoms with van der Waals surface area (Å²) in [5.41, 5.74) is 1.12. The Labute approximate surface area is 92.8 Å². The maximum Gasteiger partial charge on any atom is 0.122 e. The van der Waals surface area contributed by atoms with Crippen LogP contribution in [0.3, 0.4) is 0 Å². The number of aromatic hydroxyl groups is 1. The van der Waals surface area contributed by atoms with Gasteiger partial charge in [-0.3, -0.25) is 0 Å². The van der Waals surface area contributed by atoms with E-state index in [4.69, 9.17) is 5.26 Å². The van der Waals surface area contributed by atoms with Crippen molar-refractivity contribution >= 4 is 37.9 Å². The summed E-state index contributed by atoms with van der Waals surface area (Å²) in [4.78, 5) is 0. The van der Waals surface area contributed by atoms with Crippen LogP contribution in [-0.4, -0.2) is 5.11 Å². The lowest BCUT2D eigenvalue weighted by atomic mass is 10.1. The molecule has 0 heterocycles. The summed E-state index contributed by atoms with van der Waals surface area (Å²) in [5, 5.41) is 18.0. The van der Waals surface area contributed by atoms with Crippen LogP contribution in [0.2, 0.25) is 0 Å². The van der Waals surface area contributed by atoms with E-state index in [0.29, 0.717) is 14.5 Å². The second kappa shape index (κ2) is 4.45. The Kier molecular flexibility index (Phi) is 3.52. The number of nitriles is 1. The van der Waals surface area contributed by atoms with E-state index in [-0.39, 0.29) is 5.75 Å². The number of hydrogen-bond donors (Lipinski definition) is 1. The first-order valence-corrected chi connectivity index (χ1v) is 4.98. The number of nitrogens with zero attached hydrogens (tertiary/aromatic N) is 1. The number of halogens is 2. The monoisotopic (exact) mass is 301 g/mol. The second-order valence-corrected chi connectivity index (χ2v) is 5.09. The van der Waals surface area contributed by atoms with Crippen molar-refractivity contribution in [3.63, 3.8) is 0 Å². The van der Waals surface area contributed by atoms with Crippen molar-refractivity contribution in [3.05, 3.63) is 32.7 Å². The standard InChI is InChI=1S/C9H5Br2NO/c10-9(11)4-7-3-6(5-12)1-2-8(7)13/h1-4,13H. The molecule has 0 spiro atoms. The highest BCUT2D eigenvalue weighted by Crippen LogP contribution is 2.25. The molecule has 1 aromatic carbocycles. The van der Waals surface area contributed by atoms with E-state index >= 15 is 0 Å². The number of rotatable bonds is 1. The fourth-order valence-corrected chi connectivity index (χ4v) is 1.35. The smallest absolute Gasteiger partial charge is 0.122 e. The third kappa shape index (κ3) is 2.87. The van der Waals surface area contributed by atoms with E-state index in [0.717, 1.165) is 0 Å². The molecular weight excluding hydrogens is 298 g/mol. The zero-order valence-electron chi connectivity index (χ0n) is 6.46. The molecule has 0 amide bonds. The highest BCUT2D eigenvalue weighted by molar-refractivity contribution is 9.28. The summed E-state index contributed by atoms with van der Waals surface area (Å²) in [7, 11) is 0. The Hall–Kier alpha value is -0.790. The number of phenols is 1. The minimum Gasteiger partial charge on any atom is -0.507 e. The molecule has 1 aromatic rings. The van der Waals surface area contributed by atoms with Crippen LogP contribution in [0.15, 0.2) is 21.6 Å². The third-order valence-electron chi connectivity index (χ3n) is 1.42. The molecule has 0 aliphatic rings. The van der Waals surface area contributed by atoms with E-state index in [1.54, 1.807) is 18.2 Å². The van der Waals surface area contributed by atoms with E-state index in [1.807, 2.05) is 6.07 Å². The Morgan fingerprint density at radius 1 is 1.46 bits per heavy atom. The average Bonchev–Trinajstić information content (AvgIpc) is 2.08. The van der Waals surface area contributed by atoms with Gasteiger partial charge in [0, 0.05) is 5.56 Å². The van der Waals surface area contributed by atoms with Gasteiger partial charge in [-0.1, -0.05) is 0 Å². The Bertz CT molecular complexity index is 389. The molecule has 1 N–H and O–H groups in total. The van der Waals surface area contributed by atoms with E-state index < -0.39 is 0 Å². The first kappa shape index (κ1) is 10.3. The zero-order valence-corrected chi connectivity index (χ0v) is 9.63. The van der Waals surface area contributed by atoms with Gasteiger partial charge in [0.2, 0.25) is 0 Å². The van der Waals surface area contributed by atoms with E-state index in [1.165, 1.54) is 6.07 Å². The van der Waals surface area contributed by atoms with E-state index in [9.17, 15) is 5.11 Å². The number of benzene rings is 1. The van der Waals surface area contributed by atoms with Gasteiger partial charge in [-0.25, -0.2) is 0 Å². The maximum atomic E-state index is 9.38. The fourth-order valence-electron chi connectivity index (χ4n) is 0.857. The van der Waals surface area contributed by atoms with Gasteiger partial charge in [0.25, 0.3) is 0 Å². The summed E-state index contributed by atoms with van der Waals surface area (Å²) in [5.74, 6) is 0.149. The van der Waals surface area contributed by atoms with Gasteiger partial charge < -0.3 is 5.11 Å². The topological polar surface area (TPSA) is 44.0 Å². The average molecular weight is 303 g/mol. The summed E-state index contributed by atoms with van der Waals surface area (Å²) >= 11 is 6.35. The quantitative estimate of drug-likeness (QED) is 0.864. The summed E-state index contributed by atoms with van der Waals surface area (Å²) in [6.45, 7) is 0. The van der Waals surface area contributed by atoms with E-state index in [2.05, 4.69) is 31.9 Å². The molecule has 0 aliphatic carbocycles. The highest BCUT2D eigenvalue weighted by atomic mass is 79.9. The summed E-state index contributed by atoms with van der Waals surface area (Å²) in [6, 6.07) is 6.66. The van der Waals surface area contributed by atoms with Crippen LogP contribution in [0.1, 0.15) is 11.1 Å². The third-order valence-corrected chi connectivity index (χ3v) is 1.88. The molecule has 0 saturated heterocycles. The van der Waals surface area contributed by atoms with Crippen LogP contribution in [0.25, 0.3) is 6.08 Å². The molecule has 0 aromatic heterocycles. The van der Waals surface area contributed by atoms with Gasteiger partial charge in [-0.2, -0.15) is 5.26 Å². The first-order valence-electron chi connectivity index (χ1n) is 3.39. The molecule has 0 unspecified atom stereocenters. The lowest BCUT2D eigenvalue weighted by molar-refractivity contribution is 0.474. The van der Waals surface area contributed by atoms with Crippen LogP contribution in [0.5, 0.6) is 5.75 Å². The number of hydrogen-bond acceptors (Lipinski definition) is 2. The van der Waals surface area contributed by atoms with Crippen molar-refractivity contribution in [3.8, 4) is 11.8 Å². The largest absolute Gasteiger partial charge is 0.507 e. The fraction of sp³-hybridized carbons (Fsp3) is 0. The van der Waals surface area contributed by atoms with Crippen LogP contribution >= 0.6 is 31.9 Å². The predicted molar refractivity (Wildman–Crippen MR) is 58.7 cm³/mol. The van der Waals surface area contributed by atoms with Crippen molar-refractivity contribution in [1.82, 2.24) is 0 Å². The van der Waals surface area contributed by atoms with Crippen molar-refractivity contribution < 1.29 is 5.11 Å². The molecule has 0 bridgehead atoms. The predicted octanol–water partition coefficient (Wildman–Crippen LogP) is 3.35. The van der Waals surface area contributed by atoms with Gasteiger partial charge >= 0.3 is 0 Å². The summed E-state index contributed by atoms with van der Waals surface area (Å²) < 4.78 is 0.713. The minimum absolute atomic E-state index is 0.149. The van der Waals surface area contributed by atoms with Gasteiger partial charge in [-0.05, 0) is 56.1 Å². The molecule has 0 saturated carbocycles. The highest BCUT2D eigenvalue weighted by Gasteiger charge is 1.99. The normalized spacial score (nSPS) is 9.00. The van der Waals surface area contributed by atoms with Crippen LogP contribution < -0.4 is 0 Å². The van der Waals surface area contributed by atoms with Gasteiger partial charge in [-0.15, -0.1) is 0 Å². The van der Waals surface area contributed by atoms with Gasteiger partial charge in [0.1, 0.15) is 5.75 Å². The number of phenolic OH excluding ortho intramolecular Hbond substituents is 1. The van der Waals surface area contributed by atoms with Crippen LogP contribution in [-0.2, 0) is 0 Å². The molecular formula is C9H5Br2NO. The van der Waals surface area contributed by atoms with Gasteiger partial charge in [0.05, 0.1) is 15.0 Å². The molecule has 1 rings (SSSR count). The molecule has 66 valence electrons. The lowest BCUT2D eigenvalue weighted by Crippen LogP contribution is -1.78. The molecule has 0 atom stereocenters. The first-order chi connectivity index (χ1) is 6.13. The van der Waals surface area contributed by atoms with Gasteiger partial charge in [0.15, 0.2) is 0 Å². The zero-order chi connectivity index (χ0) is 9.84. The molecule has 0 radical (unpaired) electrons. The van der Waals surface area contributed by atoms with Crippen LogP contribution in [0, 0.1) is 11.3 Å². The molecule has 0 aliphatic heterocycles. The second-order valence-electron chi connectivity index (χ2n) is 2.32. The van der Waals surface area contributed by atoms with Crippen molar-refractivity contribution in [2.75, 3.05) is 0 Å². The summed E-state index contributed by atoms with van der Waals surface area (Å²) in [6.07, 6.45) is 1.68.